The second-order valence-electron chi connectivity index (χ2n) is 4.88. The van der Waals surface area contributed by atoms with Crippen LogP contribution in [0.15, 0.2) is 24.3 Å². The summed E-state index contributed by atoms with van der Waals surface area (Å²) < 4.78 is 28.4. The third-order valence-corrected chi connectivity index (χ3v) is 5.04. The molecule has 0 saturated carbocycles. The summed E-state index contributed by atoms with van der Waals surface area (Å²) in [6, 6.07) is 7.63. The Bertz CT molecular complexity index is 543. The zero-order chi connectivity index (χ0) is 14.0. The molecule has 2 N–H and O–H groups in total. The Morgan fingerprint density at radius 3 is 2.74 bits per heavy atom. The van der Waals surface area contributed by atoms with E-state index in [1.807, 2.05) is 32.2 Å². The molecule has 0 bridgehead atoms. The highest BCUT2D eigenvalue weighted by Crippen LogP contribution is 2.23. The highest BCUT2D eigenvalue weighted by molar-refractivity contribution is 7.91. The van der Waals surface area contributed by atoms with Crippen LogP contribution in [0, 0.1) is 0 Å². The predicted molar refractivity (Wildman–Crippen MR) is 73.0 cm³/mol. The first-order valence-electron chi connectivity index (χ1n) is 6.23. The van der Waals surface area contributed by atoms with E-state index in [0.717, 1.165) is 5.56 Å². The Labute approximate surface area is 113 Å². The van der Waals surface area contributed by atoms with Gasteiger partial charge in [0.05, 0.1) is 11.5 Å². The quantitative estimate of drug-likeness (QED) is 0.843. The van der Waals surface area contributed by atoms with Crippen molar-refractivity contribution >= 4 is 9.84 Å². The van der Waals surface area contributed by atoms with Crippen LogP contribution >= 0.6 is 0 Å². The highest BCUT2D eigenvalue weighted by atomic mass is 32.2. The molecule has 106 valence electrons. The summed E-state index contributed by atoms with van der Waals surface area (Å²) in [5, 5.41) is 12.8. The number of aliphatic hydroxyl groups is 1. The number of sulfone groups is 1. The van der Waals surface area contributed by atoms with Crippen LogP contribution < -0.4 is 10.1 Å². The van der Waals surface area contributed by atoms with Crippen molar-refractivity contribution in [3.05, 3.63) is 29.8 Å². The molecule has 1 aliphatic rings. The Hall–Kier alpha value is -1.11. The minimum atomic E-state index is -3.18. The van der Waals surface area contributed by atoms with Crippen LogP contribution in [0.3, 0.4) is 0 Å². The maximum atomic E-state index is 11.4. The largest absolute Gasteiger partial charge is 0.487 e. The van der Waals surface area contributed by atoms with E-state index < -0.39 is 22.0 Å². The first kappa shape index (κ1) is 14.3. The summed E-state index contributed by atoms with van der Waals surface area (Å²) in [6.07, 6.45) is -1.62. The van der Waals surface area contributed by atoms with Crippen molar-refractivity contribution < 1.29 is 18.3 Å². The fraction of sp³-hybridized carbons (Fsp3) is 0.538. The van der Waals surface area contributed by atoms with Crippen LogP contribution in [0.1, 0.15) is 18.5 Å². The van der Waals surface area contributed by atoms with Gasteiger partial charge >= 0.3 is 0 Å². The summed E-state index contributed by atoms with van der Waals surface area (Å²) in [6.45, 7) is 2.02. The summed E-state index contributed by atoms with van der Waals surface area (Å²) >= 11 is 0. The van der Waals surface area contributed by atoms with Gasteiger partial charge in [-0.15, -0.1) is 0 Å². The SMILES string of the molecule is CNC(C)c1cccc(OC2CS(=O)(=O)CC2O)c1. The molecule has 3 atom stereocenters. The molecule has 5 nitrogen and oxygen atoms in total. The lowest BCUT2D eigenvalue weighted by molar-refractivity contribution is 0.0737. The fourth-order valence-corrected chi connectivity index (χ4v) is 3.77. The van der Waals surface area contributed by atoms with Crippen molar-refractivity contribution in [3.8, 4) is 5.75 Å². The molecule has 19 heavy (non-hydrogen) atoms. The average molecular weight is 285 g/mol. The van der Waals surface area contributed by atoms with E-state index in [2.05, 4.69) is 5.32 Å². The van der Waals surface area contributed by atoms with Crippen molar-refractivity contribution in [2.75, 3.05) is 18.6 Å². The van der Waals surface area contributed by atoms with Gasteiger partial charge in [-0.25, -0.2) is 8.42 Å². The third-order valence-electron chi connectivity index (χ3n) is 3.35. The van der Waals surface area contributed by atoms with Crippen molar-refractivity contribution in [1.29, 1.82) is 0 Å². The van der Waals surface area contributed by atoms with Gasteiger partial charge < -0.3 is 15.2 Å². The normalized spacial score (nSPS) is 27.1. The number of rotatable bonds is 4. The number of aliphatic hydroxyl groups excluding tert-OH is 1. The fourth-order valence-electron chi connectivity index (χ4n) is 2.11. The molecular weight excluding hydrogens is 266 g/mol. The van der Waals surface area contributed by atoms with Crippen LogP contribution in [0.25, 0.3) is 0 Å². The molecule has 1 fully saturated rings. The number of hydrogen-bond donors (Lipinski definition) is 2. The summed E-state index contributed by atoms with van der Waals surface area (Å²) in [5.41, 5.74) is 1.05. The molecule has 0 aromatic heterocycles. The Balaban J connectivity index is 2.12. The van der Waals surface area contributed by atoms with E-state index in [1.54, 1.807) is 6.07 Å². The minimum absolute atomic E-state index is 0.125. The predicted octanol–water partition coefficient (Wildman–Crippen LogP) is 0.504. The third kappa shape index (κ3) is 3.46. The van der Waals surface area contributed by atoms with E-state index >= 15 is 0 Å². The number of hydrogen-bond acceptors (Lipinski definition) is 5. The molecule has 3 unspecified atom stereocenters. The minimum Gasteiger partial charge on any atom is -0.487 e. The van der Waals surface area contributed by atoms with Crippen LogP contribution in [0.2, 0.25) is 0 Å². The van der Waals surface area contributed by atoms with Gasteiger partial charge in [-0.2, -0.15) is 0 Å². The maximum Gasteiger partial charge on any atom is 0.156 e. The molecule has 1 aliphatic heterocycles. The summed E-state index contributed by atoms with van der Waals surface area (Å²) in [7, 11) is -1.32. The number of ether oxygens (including phenoxy) is 1. The molecule has 1 aromatic rings. The van der Waals surface area contributed by atoms with Crippen LogP contribution in [-0.2, 0) is 9.84 Å². The van der Waals surface area contributed by atoms with Crippen LogP contribution in [-0.4, -0.2) is 44.3 Å². The number of benzene rings is 1. The van der Waals surface area contributed by atoms with Gasteiger partial charge in [0.2, 0.25) is 0 Å². The van der Waals surface area contributed by atoms with Crippen molar-refractivity contribution in [2.45, 2.75) is 25.2 Å². The van der Waals surface area contributed by atoms with E-state index in [1.165, 1.54) is 0 Å². The molecule has 0 spiro atoms. The molecule has 2 rings (SSSR count). The zero-order valence-electron chi connectivity index (χ0n) is 11.0. The van der Waals surface area contributed by atoms with E-state index in [4.69, 9.17) is 4.74 Å². The molecule has 0 aliphatic carbocycles. The summed E-state index contributed by atoms with van der Waals surface area (Å²) in [4.78, 5) is 0. The van der Waals surface area contributed by atoms with E-state index in [9.17, 15) is 13.5 Å². The topological polar surface area (TPSA) is 75.6 Å². The monoisotopic (exact) mass is 285 g/mol. The van der Waals surface area contributed by atoms with Gasteiger partial charge in [-0.05, 0) is 31.7 Å². The van der Waals surface area contributed by atoms with Gasteiger partial charge in [-0.3, -0.25) is 0 Å². The average Bonchev–Trinajstić information content (AvgIpc) is 2.61. The molecule has 0 amide bonds. The molecule has 6 heteroatoms. The Morgan fingerprint density at radius 2 is 2.16 bits per heavy atom. The maximum absolute atomic E-state index is 11.4. The smallest absolute Gasteiger partial charge is 0.156 e. The molecule has 1 heterocycles. The van der Waals surface area contributed by atoms with E-state index in [0.29, 0.717) is 5.75 Å². The van der Waals surface area contributed by atoms with Gasteiger partial charge in [0.25, 0.3) is 0 Å². The van der Waals surface area contributed by atoms with Crippen LogP contribution in [0.5, 0.6) is 5.75 Å². The molecular formula is C13H19NO4S. The summed E-state index contributed by atoms with van der Waals surface area (Å²) in [5.74, 6) is 0.241. The second-order valence-corrected chi connectivity index (χ2v) is 7.04. The van der Waals surface area contributed by atoms with Gasteiger partial charge in [0.1, 0.15) is 18.0 Å². The Kier molecular flexibility index (Phi) is 4.13. The molecule has 1 saturated heterocycles. The van der Waals surface area contributed by atoms with Crippen molar-refractivity contribution in [1.82, 2.24) is 5.32 Å². The van der Waals surface area contributed by atoms with Gasteiger partial charge in [0, 0.05) is 6.04 Å². The lowest BCUT2D eigenvalue weighted by Gasteiger charge is -2.17. The van der Waals surface area contributed by atoms with Gasteiger partial charge in [-0.1, -0.05) is 12.1 Å². The zero-order valence-corrected chi connectivity index (χ0v) is 11.9. The number of nitrogens with one attached hydrogen (secondary N) is 1. The Morgan fingerprint density at radius 1 is 1.42 bits per heavy atom. The first-order chi connectivity index (χ1) is 8.91. The standard InChI is InChI=1S/C13H19NO4S/c1-9(14-2)10-4-3-5-11(6-10)18-13-8-19(16,17)7-12(13)15/h3-6,9,12-15H,7-8H2,1-2H3. The van der Waals surface area contributed by atoms with Crippen molar-refractivity contribution in [2.24, 2.45) is 0 Å². The molecule has 0 radical (unpaired) electrons. The van der Waals surface area contributed by atoms with Crippen LogP contribution in [0.4, 0.5) is 0 Å². The molecule has 1 aromatic carbocycles. The second kappa shape index (κ2) is 5.48. The first-order valence-corrected chi connectivity index (χ1v) is 8.06. The van der Waals surface area contributed by atoms with E-state index in [-0.39, 0.29) is 17.5 Å². The van der Waals surface area contributed by atoms with Crippen molar-refractivity contribution in [3.63, 3.8) is 0 Å². The lowest BCUT2D eigenvalue weighted by atomic mass is 10.1. The van der Waals surface area contributed by atoms with Gasteiger partial charge in [0.15, 0.2) is 9.84 Å². The highest BCUT2D eigenvalue weighted by Gasteiger charge is 2.38. The lowest BCUT2D eigenvalue weighted by Crippen LogP contribution is -2.29.